The molecule has 0 radical (unpaired) electrons. The summed E-state index contributed by atoms with van der Waals surface area (Å²) in [6, 6.07) is 3.73. The van der Waals surface area contributed by atoms with E-state index in [1.165, 1.54) is 14.0 Å². The molecular formula is C14H18N4O3. The summed E-state index contributed by atoms with van der Waals surface area (Å²) in [6.07, 6.45) is 0.206. The van der Waals surface area contributed by atoms with Crippen molar-refractivity contribution in [2.75, 3.05) is 13.7 Å². The fraction of sp³-hybridized carbons (Fsp3) is 0.429. The molecule has 0 atom stereocenters. The third kappa shape index (κ3) is 3.36. The van der Waals surface area contributed by atoms with Crippen LogP contribution in [0, 0.1) is 6.92 Å². The highest BCUT2D eigenvalue weighted by Crippen LogP contribution is 2.18. The number of ketones is 1. The van der Waals surface area contributed by atoms with E-state index < -0.39 is 6.09 Å². The number of carbonyl (C=O) groups excluding carboxylic acids is 2. The van der Waals surface area contributed by atoms with E-state index in [2.05, 4.69) is 20.1 Å². The molecule has 0 unspecified atom stereocenters. The Morgan fingerprint density at radius 3 is 2.81 bits per heavy atom. The summed E-state index contributed by atoms with van der Waals surface area (Å²) in [7, 11) is 1.32. The quantitative estimate of drug-likeness (QED) is 0.669. The minimum absolute atomic E-state index is 0.0860. The first kappa shape index (κ1) is 15.0. The number of pyridine rings is 1. The normalized spacial score (nSPS) is 10.6. The Morgan fingerprint density at radius 1 is 1.38 bits per heavy atom. The molecule has 0 aliphatic heterocycles. The number of rotatable bonds is 5. The van der Waals surface area contributed by atoms with E-state index in [0.717, 1.165) is 11.1 Å². The molecule has 7 heteroatoms. The number of aromatic nitrogens is 3. The molecule has 2 heterocycles. The monoisotopic (exact) mass is 290 g/mol. The number of Topliss-reactive ketones (excluding diaryl/α,β-unsaturated/α-hetero) is 1. The molecule has 0 saturated carbocycles. The van der Waals surface area contributed by atoms with Gasteiger partial charge in [0.05, 0.1) is 12.5 Å². The van der Waals surface area contributed by atoms with Gasteiger partial charge >= 0.3 is 6.09 Å². The van der Waals surface area contributed by atoms with Crippen molar-refractivity contribution in [2.24, 2.45) is 0 Å². The summed E-state index contributed by atoms with van der Waals surface area (Å²) >= 11 is 0. The molecule has 21 heavy (non-hydrogen) atoms. The summed E-state index contributed by atoms with van der Waals surface area (Å²) in [6.45, 7) is 4.41. The van der Waals surface area contributed by atoms with Crippen molar-refractivity contribution in [3.8, 4) is 0 Å². The van der Waals surface area contributed by atoms with Crippen molar-refractivity contribution < 1.29 is 14.3 Å². The number of fused-ring (bicyclic) bond motifs is 1. The Bertz CT molecular complexity index is 678. The third-order valence-electron chi connectivity index (χ3n) is 3.07. The van der Waals surface area contributed by atoms with Crippen LogP contribution in [-0.2, 0) is 11.3 Å². The van der Waals surface area contributed by atoms with Crippen molar-refractivity contribution in [3.05, 3.63) is 23.5 Å². The SMILES string of the molecule is COC(=O)NCCCn1nc(C(C)=O)c2ccc(C)nc21. The van der Waals surface area contributed by atoms with Gasteiger partial charge in [-0.15, -0.1) is 0 Å². The summed E-state index contributed by atoms with van der Waals surface area (Å²) < 4.78 is 6.20. The molecule has 2 rings (SSSR count). The summed E-state index contributed by atoms with van der Waals surface area (Å²) in [5.74, 6) is -0.0860. The van der Waals surface area contributed by atoms with E-state index in [9.17, 15) is 9.59 Å². The third-order valence-corrected chi connectivity index (χ3v) is 3.07. The molecule has 0 aromatic carbocycles. The van der Waals surface area contributed by atoms with E-state index in [1.807, 2.05) is 19.1 Å². The molecule has 2 aromatic heterocycles. The molecule has 0 bridgehead atoms. The van der Waals surface area contributed by atoms with Crippen LogP contribution in [0.1, 0.15) is 29.5 Å². The molecule has 7 nitrogen and oxygen atoms in total. The Balaban J connectivity index is 2.17. The largest absolute Gasteiger partial charge is 0.453 e. The van der Waals surface area contributed by atoms with Gasteiger partial charge in [-0.1, -0.05) is 0 Å². The first-order valence-corrected chi connectivity index (χ1v) is 6.70. The zero-order valence-corrected chi connectivity index (χ0v) is 12.3. The van der Waals surface area contributed by atoms with Crippen LogP contribution in [0.25, 0.3) is 11.0 Å². The van der Waals surface area contributed by atoms with E-state index in [0.29, 0.717) is 30.9 Å². The minimum Gasteiger partial charge on any atom is -0.453 e. The Labute approximate surface area is 122 Å². The number of carbonyl (C=O) groups is 2. The smallest absolute Gasteiger partial charge is 0.406 e. The highest BCUT2D eigenvalue weighted by molar-refractivity contribution is 6.03. The van der Waals surface area contributed by atoms with Crippen LogP contribution >= 0.6 is 0 Å². The number of hydrogen-bond acceptors (Lipinski definition) is 5. The number of ether oxygens (including phenoxy) is 1. The lowest BCUT2D eigenvalue weighted by atomic mass is 10.2. The molecule has 112 valence electrons. The molecule has 0 aliphatic rings. The number of nitrogens with zero attached hydrogens (tertiary/aromatic N) is 3. The predicted molar refractivity (Wildman–Crippen MR) is 77.3 cm³/mol. The maximum absolute atomic E-state index is 11.6. The van der Waals surface area contributed by atoms with E-state index in [1.54, 1.807) is 4.68 Å². The van der Waals surface area contributed by atoms with Gasteiger partial charge in [0, 0.05) is 25.7 Å². The van der Waals surface area contributed by atoms with Crippen LogP contribution in [-0.4, -0.2) is 40.3 Å². The molecular weight excluding hydrogens is 272 g/mol. The van der Waals surface area contributed by atoms with Gasteiger partial charge in [-0.2, -0.15) is 5.10 Å². The fourth-order valence-corrected chi connectivity index (χ4v) is 2.05. The highest BCUT2D eigenvalue weighted by Gasteiger charge is 2.15. The van der Waals surface area contributed by atoms with Gasteiger partial charge in [-0.25, -0.2) is 14.5 Å². The van der Waals surface area contributed by atoms with Crippen molar-refractivity contribution in [2.45, 2.75) is 26.8 Å². The summed E-state index contributed by atoms with van der Waals surface area (Å²) in [4.78, 5) is 27.0. The average Bonchev–Trinajstić information content (AvgIpc) is 2.81. The Morgan fingerprint density at radius 2 is 2.14 bits per heavy atom. The Hall–Kier alpha value is -2.44. The second-order valence-electron chi connectivity index (χ2n) is 4.72. The van der Waals surface area contributed by atoms with E-state index in [4.69, 9.17) is 0 Å². The average molecular weight is 290 g/mol. The second kappa shape index (κ2) is 6.34. The molecule has 0 saturated heterocycles. The lowest BCUT2D eigenvalue weighted by Gasteiger charge is -2.04. The van der Waals surface area contributed by atoms with E-state index >= 15 is 0 Å². The lowest BCUT2D eigenvalue weighted by Crippen LogP contribution is -2.25. The second-order valence-corrected chi connectivity index (χ2v) is 4.72. The van der Waals surface area contributed by atoms with Crippen LogP contribution in [0.15, 0.2) is 12.1 Å². The van der Waals surface area contributed by atoms with Crippen LogP contribution in [0.5, 0.6) is 0 Å². The summed E-state index contributed by atoms with van der Waals surface area (Å²) in [5, 5.41) is 7.69. The maximum atomic E-state index is 11.6. The molecule has 0 fully saturated rings. The zero-order valence-electron chi connectivity index (χ0n) is 12.3. The molecule has 0 aliphatic carbocycles. The lowest BCUT2D eigenvalue weighted by molar-refractivity contribution is 0.101. The van der Waals surface area contributed by atoms with Gasteiger partial charge in [0.1, 0.15) is 5.69 Å². The number of nitrogens with one attached hydrogen (secondary N) is 1. The standard InChI is InChI=1S/C14H18N4O3/c1-9-5-6-11-12(10(2)19)17-18(13(11)16-9)8-4-7-15-14(20)21-3/h5-6H,4,7-8H2,1-3H3,(H,15,20). The molecule has 1 amide bonds. The molecule has 1 N–H and O–H groups in total. The molecule has 0 spiro atoms. The van der Waals surface area contributed by atoms with Crippen molar-refractivity contribution in [3.63, 3.8) is 0 Å². The number of methoxy groups -OCH3 is 1. The first-order valence-electron chi connectivity index (χ1n) is 6.70. The topological polar surface area (TPSA) is 86.1 Å². The van der Waals surface area contributed by atoms with Crippen LogP contribution in [0.4, 0.5) is 4.79 Å². The number of amides is 1. The highest BCUT2D eigenvalue weighted by atomic mass is 16.5. The zero-order chi connectivity index (χ0) is 15.4. The number of alkyl carbamates (subject to hydrolysis) is 1. The maximum Gasteiger partial charge on any atom is 0.406 e. The van der Waals surface area contributed by atoms with Crippen LogP contribution < -0.4 is 5.32 Å². The van der Waals surface area contributed by atoms with Crippen LogP contribution in [0.3, 0.4) is 0 Å². The number of aryl methyl sites for hydroxylation is 2. The van der Waals surface area contributed by atoms with Crippen LogP contribution in [0.2, 0.25) is 0 Å². The Kier molecular flexibility index (Phi) is 4.52. The fourth-order valence-electron chi connectivity index (χ4n) is 2.05. The van der Waals surface area contributed by atoms with Crippen molar-refractivity contribution in [1.82, 2.24) is 20.1 Å². The van der Waals surface area contributed by atoms with Gasteiger partial charge in [0.25, 0.3) is 0 Å². The van der Waals surface area contributed by atoms with Gasteiger partial charge in [-0.3, -0.25) is 4.79 Å². The van der Waals surface area contributed by atoms with Gasteiger partial charge in [-0.05, 0) is 25.5 Å². The van der Waals surface area contributed by atoms with E-state index in [-0.39, 0.29) is 5.78 Å². The van der Waals surface area contributed by atoms with Gasteiger partial charge in [0.2, 0.25) is 0 Å². The first-order chi connectivity index (χ1) is 10.0. The van der Waals surface area contributed by atoms with Gasteiger partial charge in [0.15, 0.2) is 11.4 Å². The molecule has 2 aromatic rings. The summed E-state index contributed by atoms with van der Waals surface area (Å²) in [5.41, 5.74) is 1.99. The van der Waals surface area contributed by atoms with Crippen molar-refractivity contribution in [1.29, 1.82) is 0 Å². The minimum atomic E-state index is -0.460. The van der Waals surface area contributed by atoms with Gasteiger partial charge < -0.3 is 10.1 Å². The predicted octanol–water partition coefficient (Wildman–Crippen LogP) is 1.69. The number of hydrogen-bond donors (Lipinski definition) is 1. The van der Waals surface area contributed by atoms with Crippen molar-refractivity contribution >= 4 is 22.9 Å².